The molecule has 0 spiro atoms. The van der Waals surface area contributed by atoms with Crippen LogP contribution < -0.4 is 15.2 Å². The Hall–Kier alpha value is -1.68. The minimum atomic E-state index is 0.587. The highest BCUT2D eigenvalue weighted by atomic mass is 32.1. The second kappa shape index (κ2) is 3.96. The Kier molecular flexibility index (Phi) is 2.44. The van der Waals surface area contributed by atoms with Gasteiger partial charge in [-0.25, -0.2) is 0 Å². The molecule has 0 saturated carbocycles. The molecule has 88 valence electrons. The first-order valence-corrected chi connectivity index (χ1v) is 6.37. The first-order chi connectivity index (χ1) is 8.25. The summed E-state index contributed by atoms with van der Waals surface area (Å²) in [6.45, 7) is 3.27. The van der Waals surface area contributed by atoms with Crippen molar-refractivity contribution in [3.63, 3.8) is 0 Å². The highest BCUT2D eigenvalue weighted by Gasteiger charge is 2.16. The first kappa shape index (κ1) is 10.5. The van der Waals surface area contributed by atoms with Gasteiger partial charge in [-0.05, 0) is 30.0 Å². The lowest BCUT2D eigenvalue weighted by molar-refractivity contribution is 0.172. The molecule has 0 bridgehead atoms. The lowest BCUT2D eigenvalue weighted by Crippen LogP contribution is -2.15. The van der Waals surface area contributed by atoms with Gasteiger partial charge in [0.15, 0.2) is 11.5 Å². The molecule has 2 heterocycles. The predicted octanol–water partition coefficient (Wildman–Crippen LogP) is 3.08. The summed E-state index contributed by atoms with van der Waals surface area (Å²) in [5, 5.41) is 2.07. The number of thiophene rings is 1. The third-order valence-corrected chi connectivity index (χ3v) is 3.87. The van der Waals surface area contributed by atoms with Crippen molar-refractivity contribution in [3.8, 4) is 21.9 Å². The molecule has 3 rings (SSSR count). The van der Waals surface area contributed by atoms with Crippen molar-refractivity contribution in [1.29, 1.82) is 0 Å². The zero-order chi connectivity index (χ0) is 11.8. The molecule has 1 aliphatic heterocycles. The van der Waals surface area contributed by atoms with Gasteiger partial charge in [-0.2, -0.15) is 0 Å². The molecule has 4 heteroatoms. The first-order valence-electron chi connectivity index (χ1n) is 5.49. The normalized spacial score (nSPS) is 13.7. The number of hydrogen-bond acceptors (Lipinski definition) is 4. The van der Waals surface area contributed by atoms with Crippen LogP contribution in [0.15, 0.2) is 23.6 Å². The van der Waals surface area contributed by atoms with Crippen molar-refractivity contribution in [3.05, 3.63) is 29.1 Å². The van der Waals surface area contributed by atoms with Crippen LogP contribution in [0.5, 0.6) is 11.5 Å². The molecule has 17 heavy (non-hydrogen) atoms. The SMILES string of the molecule is Cc1ccsc1-c1cc2c(cc1N)OCCO2. The van der Waals surface area contributed by atoms with E-state index in [1.165, 1.54) is 10.4 Å². The van der Waals surface area contributed by atoms with E-state index in [0.29, 0.717) is 13.2 Å². The van der Waals surface area contributed by atoms with Crippen LogP contribution in [0, 0.1) is 6.92 Å². The zero-order valence-corrected chi connectivity index (χ0v) is 10.3. The molecule has 2 aromatic rings. The van der Waals surface area contributed by atoms with Crippen LogP contribution in [0.3, 0.4) is 0 Å². The smallest absolute Gasteiger partial charge is 0.163 e. The summed E-state index contributed by atoms with van der Waals surface area (Å²) >= 11 is 1.69. The number of anilines is 1. The van der Waals surface area contributed by atoms with Gasteiger partial charge in [-0.1, -0.05) is 0 Å². The fraction of sp³-hybridized carbons (Fsp3) is 0.231. The maximum atomic E-state index is 6.08. The van der Waals surface area contributed by atoms with Crippen LogP contribution in [0.4, 0.5) is 5.69 Å². The van der Waals surface area contributed by atoms with E-state index in [9.17, 15) is 0 Å². The van der Waals surface area contributed by atoms with E-state index < -0.39 is 0 Å². The number of rotatable bonds is 1. The third kappa shape index (κ3) is 1.74. The number of nitrogen functional groups attached to an aromatic ring is 1. The number of nitrogens with two attached hydrogens (primary N) is 1. The van der Waals surface area contributed by atoms with Crippen molar-refractivity contribution in [2.75, 3.05) is 18.9 Å². The standard InChI is InChI=1S/C13H13NO2S/c1-8-2-5-17-13(8)9-6-11-12(7-10(9)14)16-4-3-15-11/h2,5-7H,3-4,14H2,1H3. The van der Waals surface area contributed by atoms with E-state index in [1.807, 2.05) is 12.1 Å². The molecule has 0 atom stereocenters. The molecule has 0 radical (unpaired) electrons. The zero-order valence-electron chi connectivity index (χ0n) is 9.53. The Bertz CT molecular complexity index is 563. The summed E-state index contributed by atoms with van der Waals surface area (Å²) in [4.78, 5) is 1.19. The van der Waals surface area contributed by atoms with E-state index in [1.54, 1.807) is 11.3 Å². The number of hydrogen-bond donors (Lipinski definition) is 1. The fourth-order valence-corrected chi connectivity index (χ4v) is 2.92. The minimum Gasteiger partial charge on any atom is -0.486 e. The van der Waals surface area contributed by atoms with Crippen LogP contribution in [0.1, 0.15) is 5.56 Å². The molecular weight excluding hydrogens is 234 g/mol. The molecule has 0 fully saturated rings. The van der Waals surface area contributed by atoms with Gasteiger partial charge in [0, 0.05) is 22.2 Å². The fourth-order valence-electron chi connectivity index (χ4n) is 1.95. The van der Waals surface area contributed by atoms with E-state index in [4.69, 9.17) is 15.2 Å². The largest absolute Gasteiger partial charge is 0.486 e. The quantitative estimate of drug-likeness (QED) is 0.788. The van der Waals surface area contributed by atoms with Gasteiger partial charge in [0.05, 0.1) is 0 Å². The molecule has 1 aliphatic rings. The summed E-state index contributed by atoms with van der Waals surface area (Å²) in [5.41, 5.74) is 9.08. The summed E-state index contributed by atoms with van der Waals surface area (Å²) in [6, 6.07) is 5.92. The summed E-state index contributed by atoms with van der Waals surface area (Å²) < 4.78 is 11.1. The van der Waals surface area contributed by atoms with Crippen LogP contribution in [-0.4, -0.2) is 13.2 Å². The molecule has 1 aromatic heterocycles. The Balaban J connectivity index is 2.15. The van der Waals surface area contributed by atoms with Crippen molar-refractivity contribution in [2.24, 2.45) is 0 Å². The van der Waals surface area contributed by atoms with Gasteiger partial charge in [0.25, 0.3) is 0 Å². The van der Waals surface area contributed by atoms with E-state index in [2.05, 4.69) is 18.4 Å². The summed E-state index contributed by atoms with van der Waals surface area (Å²) in [7, 11) is 0. The second-order valence-electron chi connectivity index (χ2n) is 4.02. The molecule has 1 aromatic carbocycles. The van der Waals surface area contributed by atoms with Gasteiger partial charge in [0.1, 0.15) is 13.2 Å². The van der Waals surface area contributed by atoms with Crippen LogP contribution in [0.2, 0.25) is 0 Å². The Labute approximate surface area is 104 Å². The number of ether oxygens (including phenoxy) is 2. The van der Waals surface area contributed by atoms with Crippen LogP contribution >= 0.6 is 11.3 Å². The molecule has 0 unspecified atom stereocenters. The van der Waals surface area contributed by atoms with Crippen LogP contribution in [-0.2, 0) is 0 Å². The Morgan fingerprint density at radius 3 is 2.53 bits per heavy atom. The highest BCUT2D eigenvalue weighted by molar-refractivity contribution is 7.13. The Morgan fingerprint density at radius 2 is 1.88 bits per heavy atom. The van der Waals surface area contributed by atoms with Gasteiger partial charge in [-0.3, -0.25) is 0 Å². The summed E-state index contributed by atoms with van der Waals surface area (Å²) in [6.07, 6.45) is 0. The van der Waals surface area contributed by atoms with Gasteiger partial charge in [0.2, 0.25) is 0 Å². The molecular formula is C13H13NO2S. The van der Waals surface area contributed by atoms with Gasteiger partial charge in [-0.15, -0.1) is 11.3 Å². The van der Waals surface area contributed by atoms with Crippen molar-refractivity contribution in [1.82, 2.24) is 0 Å². The van der Waals surface area contributed by atoms with Gasteiger partial charge < -0.3 is 15.2 Å². The monoisotopic (exact) mass is 247 g/mol. The third-order valence-electron chi connectivity index (χ3n) is 2.82. The topological polar surface area (TPSA) is 44.5 Å². The average Bonchev–Trinajstić information content (AvgIpc) is 2.74. The van der Waals surface area contributed by atoms with Crippen molar-refractivity contribution in [2.45, 2.75) is 6.92 Å². The van der Waals surface area contributed by atoms with Crippen molar-refractivity contribution < 1.29 is 9.47 Å². The maximum absolute atomic E-state index is 6.08. The predicted molar refractivity (Wildman–Crippen MR) is 69.9 cm³/mol. The molecule has 3 nitrogen and oxygen atoms in total. The van der Waals surface area contributed by atoms with Crippen LogP contribution in [0.25, 0.3) is 10.4 Å². The number of aryl methyl sites for hydroxylation is 1. The van der Waals surface area contributed by atoms with E-state index in [-0.39, 0.29) is 0 Å². The van der Waals surface area contributed by atoms with Gasteiger partial charge >= 0.3 is 0 Å². The van der Waals surface area contributed by atoms with E-state index in [0.717, 1.165) is 22.7 Å². The molecule has 2 N–H and O–H groups in total. The molecule has 0 saturated heterocycles. The maximum Gasteiger partial charge on any atom is 0.163 e. The van der Waals surface area contributed by atoms with E-state index >= 15 is 0 Å². The minimum absolute atomic E-state index is 0.587. The number of benzene rings is 1. The lowest BCUT2D eigenvalue weighted by atomic mass is 10.1. The average molecular weight is 247 g/mol. The number of fused-ring (bicyclic) bond motifs is 1. The highest BCUT2D eigenvalue weighted by Crippen LogP contribution is 2.41. The second-order valence-corrected chi connectivity index (χ2v) is 4.93. The lowest BCUT2D eigenvalue weighted by Gasteiger charge is -2.20. The Morgan fingerprint density at radius 1 is 1.18 bits per heavy atom. The molecule has 0 aliphatic carbocycles. The summed E-state index contributed by atoms with van der Waals surface area (Å²) in [5.74, 6) is 1.53. The molecule has 0 amide bonds. The van der Waals surface area contributed by atoms with Crippen molar-refractivity contribution >= 4 is 17.0 Å².